The molecule has 0 bridgehead atoms. The molecule has 1 atom stereocenters. The molecular formula is C13H13N5O2S. The normalized spacial score (nSPS) is 11.7. The molecule has 0 amide bonds. The van der Waals surface area contributed by atoms with Gasteiger partial charge in [-0.3, -0.25) is 10.1 Å². The highest BCUT2D eigenvalue weighted by molar-refractivity contribution is 7.11. The van der Waals surface area contributed by atoms with E-state index in [0.717, 1.165) is 15.6 Å². The van der Waals surface area contributed by atoms with Gasteiger partial charge in [0.25, 0.3) is 0 Å². The van der Waals surface area contributed by atoms with Gasteiger partial charge >= 0.3 is 5.69 Å². The maximum absolute atomic E-state index is 10.8. The number of rotatable bonds is 4. The van der Waals surface area contributed by atoms with E-state index in [1.54, 1.807) is 17.4 Å². The molecule has 0 aliphatic rings. The molecule has 108 valence electrons. The van der Waals surface area contributed by atoms with Gasteiger partial charge in [-0.05, 0) is 26.8 Å². The second kappa shape index (κ2) is 5.85. The third-order valence-corrected chi connectivity index (χ3v) is 4.13. The Balaban J connectivity index is 2.26. The highest BCUT2D eigenvalue weighted by Gasteiger charge is 2.18. The Morgan fingerprint density at radius 1 is 1.43 bits per heavy atom. The largest absolute Gasteiger partial charge is 0.363 e. The molecule has 2 aromatic rings. The minimum atomic E-state index is -0.616. The van der Waals surface area contributed by atoms with E-state index < -0.39 is 4.92 Å². The fourth-order valence-corrected chi connectivity index (χ4v) is 2.93. The van der Waals surface area contributed by atoms with Crippen molar-refractivity contribution in [3.63, 3.8) is 0 Å². The zero-order chi connectivity index (χ0) is 15.6. The van der Waals surface area contributed by atoms with Crippen molar-refractivity contribution in [3.05, 3.63) is 43.5 Å². The Kier molecular flexibility index (Phi) is 4.14. The summed E-state index contributed by atoms with van der Waals surface area (Å²) in [5.74, 6) is 0.426. The van der Waals surface area contributed by atoms with Crippen LogP contribution < -0.4 is 5.32 Å². The van der Waals surface area contributed by atoms with E-state index in [0.29, 0.717) is 5.82 Å². The minimum Gasteiger partial charge on any atom is -0.363 e. The monoisotopic (exact) mass is 303 g/mol. The number of nitriles is 1. The van der Waals surface area contributed by atoms with Crippen molar-refractivity contribution in [2.75, 3.05) is 5.32 Å². The molecular weight excluding hydrogens is 290 g/mol. The fraction of sp³-hybridized carbons (Fsp3) is 0.308. The van der Waals surface area contributed by atoms with Gasteiger partial charge in [0.1, 0.15) is 11.9 Å². The summed E-state index contributed by atoms with van der Waals surface area (Å²) in [4.78, 5) is 19.6. The summed E-state index contributed by atoms with van der Waals surface area (Å²) in [6.07, 6.45) is 0. The van der Waals surface area contributed by atoms with Crippen LogP contribution in [0.1, 0.15) is 34.2 Å². The zero-order valence-corrected chi connectivity index (χ0v) is 12.6. The van der Waals surface area contributed by atoms with Crippen LogP contribution in [-0.2, 0) is 0 Å². The van der Waals surface area contributed by atoms with Crippen molar-refractivity contribution in [2.24, 2.45) is 0 Å². The highest BCUT2D eigenvalue weighted by atomic mass is 32.1. The van der Waals surface area contributed by atoms with Crippen molar-refractivity contribution in [2.45, 2.75) is 26.8 Å². The molecule has 1 unspecified atom stereocenters. The summed E-state index contributed by atoms with van der Waals surface area (Å²) >= 11 is 1.59. The van der Waals surface area contributed by atoms with E-state index in [4.69, 9.17) is 5.26 Å². The number of hydrogen-bond acceptors (Lipinski definition) is 7. The number of aromatic nitrogens is 2. The maximum atomic E-state index is 10.8. The van der Waals surface area contributed by atoms with Gasteiger partial charge in [0.2, 0.25) is 5.69 Å². The number of nitrogens with one attached hydrogen (secondary N) is 1. The lowest BCUT2D eigenvalue weighted by Crippen LogP contribution is -2.08. The number of nitro groups is 1. The lowest BCUT2D eigenvalue weighted by molar-refractivity contribution is -0.385. The lowest BCUT2D eigenvalue weighted by Gasteiger charge is -2.13. The molecule has 2 rings (SSSR count). The van der Waals surface area contributed by atoms with Gasteiger partial charge < -0.3 is 5.32 Å². The van der Waals surface area contributed by atoms with Gasteiger partial charge in [-0.1, -0.05) is 0 Å². The number of thiazole rings is 1. The Labute approximate surface area is 125 Å². The summed E-state index contributed by atoms with van der Waals surface area (Å²) in [6.45, 7) is 5.82. The van der Waals surface area contributed by atoms with E-state index >= 15 is 0 Å². The average Bonchev–Trinajstić information content (AvgIpc) is 2.77. The third-order valence-electron chi connectivity index (χ3n) is 2.87. The smallest absolute Gasteiger partial charge is 0.305 e. The standard InChI is InChI=1S/C13H13N5O2S/c1-7-13(21-9(3)15-7)8(2)16-12-5-4-11(18(19)20)10(6-14)17-12/h4-5,8H,1-3H3,(H,16,17). The molecule has 8 heteroatoms. The minimum absolute atomic E-state index is 0.0447. The summed E-state index contributed by atoms with van der Waals surface area (Å²) in [5, 5.41) is 23.8. The summed E-state index contributed by atoms with van der Waals surface area (Å²) in [6, 6.07) is 4.48. The van der Waals surface area contributed by atoms with E-state index in [1.807, 2.05) is 20.8 Å². The first-order valence-corrected chi connectivity index (χ1v) is 7.00. The van der Waals surface area contributed by atoms with Gasteiger partial charge in [-0.25, -0.2) is 9.97 Å². The van der Waals surface area contributed by atoms with Crippen LogP contribution in [0.4, 0.5) is 11.5 Å². The zero-order valence-electron chi connectivity index (χ0n) is 11.7. The van der Waals surface area contributed by atoms with Gasteiger partial charge in [-0.15, -0.1) is 11.3 Å². The van der Waals surface area contributed by atoms with Crippen LogP contribution in [0.2, 0.25) is 0 Å². The first-order chi connectivity index (χ1) is 9.92. The first-order valence-electron chi connectivity index (χ1n) is 6.18. The van der Waals surface area contributed by atoms with E-state index in [-0.39, 0.29) is 17.4 Å². The molecule has 0 saturated carbocycles. The number of aryl methyl sites for hydroxylation is 2. The van der Waals surface area contributed by atoms with Crippen molar-refractivity contribution in [1.82, 2.24) is 9.97 Å². The number of hydrogen-bond donors (Lipinski definition) is 1. The summed E-state index contributed by atoms with van der Waals surface area (Å²) < 4.78 is 0. The highest BCUT2D eigenvalue weighted by Crippen LogP contribution is 2.27. The number of anilines is 1. The second-order valence-corrected chi connectivity index (χ2v) is 5.72. The fourth-order valence-electron chi connectivity index (χ4n) is 2.00. The molecule has 0 aliphatic heterocycles. The van der Waals surface area contributed by atoms with Crippen molar-refractivity contribution in [3.8, 4) is 6.07 Å². The topological polar surface area (TPSA) is 105 Å². The van der Waals surface area contributed by atoms with Crippen LogP contribution in [-0.4, -0.2) is 14.9 Å². The predicted molar refractivity (Wildman–Crippen MR) is 79.2 cm³/mol. The number of nitrogens with zero attached hydrogens (tertiary/aromatic N) is 4. The molecule has 0 spiro atoms. The first kappa shape index (κ1) is 14.9. The third kappa shape index (κ3) is 3.14. The maximum Gasteiger partial charge on any atom is 0.305 e. The van der Waals surface area contributed by atoms with E-state index in [2.05, 4.69) is 15.3 Å². The molecule has 2 heterocycles. The lowest BCUT2D eigenvalue weighted by atomic mass is 10.2. The van der Waals surface area contributed by atoms with Crippen molar-refractivity contribution < 1.29 is 4.92 Å². The van der Waals surface area contributed by atoms with Gasteiger partial charge in [-0.2, -0.15) is 5.26 Å². The summed E-state index contributed by atoms with van der Waals surface area (Å²) in [5.41, 5.74) is 0.454. The molecule has 7 nitrogen and oxygen atoms in total. The quantitative estimate of drug-likeness (QED) is 0.687. The predicted octanol–water partition coefficient (Wildman–Crippen LogP) is 3.11. The molecule has 0 aliphatic carbocycles. The molecule has 0 fully saturated rings. The van der Waals surface area contributed by atoms with E-state index in [1.165, 1.54) is 12.1 Å². The van der Waals surface area contributed by atoms with Crippen LogP contribution >= 0.6 is 11.3 Å². The van der Waals surface area contributed by atoms with Crippen LogP contribution in [0.15, 0.2) is 12.1 Å². The molecule has 0 radical (unpaired) electrons. The average molecular weight is 303 g/mol. The molecule has 0 saturated heterocycles. The van der Waals surface area contributed by atoms with E-state index in [9.17, 15) is 10.1 Å². The Morgan fingerprint density at radius 2 is 2.14 bits per heavy atom. The van der Waals surface area contributed by atoms with Crippen LogP contribution in [0.5, 0.6) is 0 Å². The number of pyridine rings is 1. The van der Waals surface area contributed by atoms with Gasteiger partial charge in [0.05, 0.1) is 21.7 Å². The summed E-state index contributed by atoms with van der Waals surface area (Å²) in [7, 11) is 0. The van der Waals surface area contributed by atoms with Crippen molar-refractivity contribution >= 4 is 22.8 Å². The Morgan fingerprint density at radius 3 is 2.67 bits per heavy atom. The molecule has 1 N–H and O–H groups in total. The van der Waals surface area contributed by atoms with Crippen LogP contribution in [0.25, 0.3) is 0 Å². The Hall–Kier alpha value is -2.53. The molecule has 21 heavy (non-hydrogen) atoms. The molecule has 0 aromatic carbocycles. The van der Waals surface area contributed by atoms with Gasteiger partial charge in [0, 0.05) is 10.9 Å². The van der Waals surface area contributed by atoms with Crippen molar-refractivity contribution in [1.29, 1.82) is 5.26 Å². The molecule has 2 aromatic heterocycles. The Bertz CT molecular complexity index is 735. The SMILES string of the molecule is Cc1nc(C)c(C(C)Nc2ccc([N+](=O)[O-])c(C#N)n2)s1. The second-order valence-electron chi connectivity index (χ2n) is 4.48. The van der Waals surface area contributed by atoms with Crippen LogP contribution in [0.3, 0.4) is 0 Å². The van der Waals surface area contributed by atoms with Crippen LogP contribution in [0, 0.1) is 35.3 Å². The van der Waals surface area contributed by atoms with Gasteiger partial charge in [0.15, 0.2) is 0 Å².